The van der Waals surface area contributed by atoms with Gasteiger partial charge in [0.15, 0.2) is 5.58 Å². The maximum Gasteiger partial charge on any atom is 0.511 e. The number of hydrogen-bond acceptors (Lipinski definition) is 6. The Morgan fingerprint density at radius 2 is 1.83 bits per heavy atom. The van der Waals surface area contributed by atoms with E-state index < -0.39 is 58.6 Å². The minimum atomic E-state index is -5.15. The second-order valence-corrected chi connectivity index (χ2v) is 7.44. The highest BCUT2D eigenvalue weighted by Crippen LogP contribution is 2.34. The first-order valence-corrected chi connectivity index (χ1v) is 10.2. The molecule has 0 bridgehead atoms. The number of carboxylic acid groups (broad SMARTS) is 1. The first-order valence-electron chi connectivity index (χ1n) is 10.2. The zero-order valence-electron chi connectivity index (χ0n) is 18.2. The van der Waals surface area contributed by atoms with E-state index in [2.05, 4.69) is 4.74 Å². The van der Waals surface area contributed by atoms with Gasteiger partial charge in [-0.2, -0.15) is 13.2 Å². The molecule has 0 atom stereocenters. The van der Waals surface area contributed by atoms with Crippen LogP contribution in [0.1, 0.15) is 18.1 Å². The molecule has 36 heavy (non-hydrogen) atoms. The number of aromatic nitrogens is 3. The van der Waals surface area contributed by atoms with Crippen LogP contribution in [-0.4, -0.2) is 25.0 Å². The van der Waals surface area contributed by atoms with Crippen LogP contribution in [-0.2, 0) is 19.3 Å². The Hall–Kier alpha value is -4.62. The van der Waals surface area contributed by atoms with Gasteiger partial charge in [-0.05, 0) is 30.7 Å². The van der Waals surface area contributed by atoms with Crippen LogP contribution in [0.15, 0.2) is 61.4 Å². The first-order chi connectivity index (χ1) is 16.9. The SMILES string of the molecule is CCn1c(=O)oc2cc(-n3cc(OC(=O)O)c(=O)n(Cc4cccc(F)c4C(F)(F)F)c3=O)ccc21. The Balaban J connectivity index is 1.96. The number of aryl methyl sites for hydroxylation is 1. The number of ether oxygens (including phenoxy) is 1. The van der Waals surface area contributed by atoms with Gasteiger partial charge < -0.3 is 14.3 Å². The van der Waals surface area contributed by atoms with Gasteiger partial charge in [0, 0.05) is 12.6 Å². The third-order valence-electron chi connectivity index (χ3n) is 5.29. The average Bonchev–Trinajstić information content (AvgIpc) is 3.11. The molecule has 14 heteroatoms. The molecule has 0 saturated heterocycles. The monoisotopic (exact) mass is 509 g/mol. The number of fused-ring (bicyclic) bond motifs is 1. The second kappa shape index (κ2) is 8.87. The van der Waals surface area contributed by atoms with Crippen molar-refractivity contribution >= 4 is 17.3 Å². The number of carbonyl (C=O) groups is 1. The fourth-order valence-electron chi connectivity index (χ4n) is 3.76. The van der Waals surface area contributed by atoms with Crippen LogP contribution >= 0.6 is 0 Å². The molecule has 4 aromatic rings. The first kappa shape index (κ1) is 24.5. The third-order valence-corrected chi connectivity index (χ3v) is 5.29. The summed E-state index contributed by atoms with van der Waals surface area (Å²) in [6.07, 6.45) is -6.33. The van der Waals surface area contributed by atoms with Crippen molar-refractivity contribution in [3.63, 3.8) is 0 Å². The zero-order valence-corrected chi connectivity index (χ0v) is 18.2. The van der Waals surface area contributed by atoms with Gasteiger partial charge in [-0.1, -0.05) is 12.1 Å². The lowest BCUT2D eigenvalue weighted by Crippen LogP contribution is -2.40. The topological polar surface area (TPSA) is 126 Å². The van der Waals surface area contributed by atoms with Crippen molar-refractivity contribution in [3.05, 3.63) is 90.9 Å². The lowest BCUT2D eigenvalue weighted by atomic mass is 10.1. The molecular formula is C22H15F4N3O7. The Kier molecular flexibility index (Phi) is 6.04. The summed E-state index contributed by atoms with van der Waals surface area (Å²) in [5, 5.41) is 8.98. The van der Waals surface area contributed by atoms with Crippen LogP contribution in [0.5, 0.6) is 5.75 Å². The average molecular weight is 509 g/mol. The molecule has 0 aliphatic carbocycles. The van der Waals surface area contributed by atoms with Crippen molar-refractivity contribution in [1.82, 2.24) is 13.7 Å². The largest absolute Gasteiger partial charge is 0.511 e. The number of alkyl halides is 3. The lowest BCUT2D eigenvalue weighted by molar-refractivity contribution is -0.140. The quantitative estimate of drug-likeness (QED) is 0.324. The number of benzene rings is 2. The molecule has 4 rings (SSSR count). The maximum absolute atomic E-state index is 14.0. The molecule has 0 radical (unpaired) electrons. The molecule has 0 aliphatic heterocycles. The van der Waals surface area contributed by atoms with Gasteiger partial charge in [0.1, 0.15) is 5.82 Å². The van der Waals surface area contributed by atoms with Crippen LogP contribution in [0.2, 0.25) is 0 Å². The fraction of sp³-hybridized carbons (Fsp3) is 0.182. The highest BCUT2D eigenvalue weighted by Gasteiger charge is 2.37. The van der Waals surface area contributed by atoms with Gasteiger partial charge >= 0.3 is 23.8 Å². The summed E-state index contributed by atoms with van der Waals surface area (Å²) in [6.45, 7) is 0.925. The van der Waals surface area contributed by atoms with E-state index in [4.69, 9.17) is 9.52 Å². The number of oxazole rings is 1. The summed E-state index contributed by atoms with van der Waals surface area (Å²) in [6, 6.07) is 6.42. The van der Waals surface area contributed by atoms with E-state index in [0.29, 0.717) is 11.6 Å². The van der Waals surface area contributed by atoms with Gasteiger partial charge in [0.2, 0.25) is 5.75 Å². The summed E-state index contributed by atoms with van der Waals surface area (Å²) < 4.78 is 66.3. The van der Waals surface area contributed by atoms with E-state index in [0.717, 1.165) is 22.9 Å². The van der Waals surface area contributed by atoms with Crippen molar-refractivity contribution in [1.29, 1.82) is 0 Å². The van der Waals surface area contributed by atoms with Gasteiger partial charge in [-0.15, -0.1) is 0 Å². The highest BCUT2D eigenvalue weighted by molar-refractivity contribution is 5.75. The zero-order chi connectivity index (χ0) is 26.4. The normalized spacial score (nSPS) is 11.7. The Labute approximate surface area is 196 Å². The molecule has 0 amide bonds. The van der Waals surface area contributed by atoms with Gasteiger partial charge in [-0.3, -0.25) is 18.5 Å². The standard InChI is InChI=1S/C22H15F4N3O7/c1-2-27-14-7-6-12(8-15(14)35-20(27)32)28-10-16(36-21(33)34)18(30)29(19(28)31)9-11-4-3-5-13(23)17(11)22(24,25)26/h3-8,10H,2,9H2,1H3,(H,33,34). The van der Waals surface area contributed by atoms with E-state index in [1.54, 1.807) is 6.92 Å². The minimum Gasteiger partial charge on any atom is -0.449 e. The molecule has 0 saturated carbocycles. The van der Waals surface area contributed by atoms with Crippen LogP contribution in [0.4, 0.5) is 22.4 Å². The summed E-state index contributed by atoms with van der Waals surface area (Å²) >= 11 is 0. The molecule has 1 N–H and O–H groups in total. The Morgan fingerprint density at radius 3 is 2.47 bits per heavy atom. The number of rotatable bonds is 5. The third kappa shape index (κ3) is 4.28. The van der Waals surface area contributed by atoms with Crippen LogP contribution < -0.4 is 21.7 Å². The van der Waals surface area contributed by atoms with Crippen molar-refractivity contribution in [2.24, 2.45) is 0 Å². The fourth-order valence-corrected chi connectivity index (χ4v) is 3.76. The molecule has 2 aromatic carbocycles. The molecule has 0 spiro atoms. The molecule has 0 unspecified atom stereocenters. The van der Waals surface area contributed by atoms with E-state index in [9.17, 15) is 36.7 Å². The predicted molar refractivity (Wildman–Crippen MR) is 115 cm³/mol. The van der Waals surface area contributed by atoms with Gasteiger partial charge in [0.05, 0.1) is 29.5 Å². The van der Waals surface area contributed by atoms with Gasteiger partial charge in [0.25, 0.3) is 5.56 Å². The van der Waals surface area contributed by atoms with Crippen molar-refractivity contribution < 1.29 is 36.6 Å². The van der Waals surface area contributed by atoms with Crippen LogP contribution in [0.25, 0.3) is 16.8 Å². The number of hydrogen-bond donors (Lipinski definition) is 1. The van der Waals surface area contributed by atoms with E-state index in [1.165, 1.54) is 22.8 Å². The molecule has 10 nitrogen and oxygen atoms in total. The Morgan fingerprint density at radius 1 is 1.11 bits per heavy atom. The summed E-state index contributed by atoms with van der Waals surface area (Å²) in [5.41, 5.74) is -4.58. The van der Waals surface area contributed by atoms with E-state index in [-0.39, 0.29) is 22.4 Å². The minimum absolute atomic E-state index is 0.0243. The Bertz CT molecular complexity index is 1680. The lowest BCUT2D eigenvalue weighted by Gasteiger charge is -2.16. The second-order valence-electron chi connectivity index (χ2n) is 7.44. The molecule has 2 aromatic heterocycles. The molecule has 0 fully saturated rings. The summed E-state index contributed by atoms with van der Waals surface area (Å²) in [7, 11) is 0. The summed E-state index contributed by atoms with van der Waals surface area (Å²) in [5.74, 6) is -3.20. The highest BCUT2D eigenvalue weighted by atomic mass is 19.4. The molecule has 0 aliphatic rings. The molecule has 188 valence electrons. The van der Waals surface area contributed by atoms with Crippen LogP contribution in [0.3, 0.4) is 0 Å². The van der Waals surface area contributed by atoms with Gasteiger partial charge in [-0.25, -0.2) is 18.8 Å². The van der Waals surface area contributed by atoms with Crippen LogP contribution in [0, 0.1) is 5.82 Å². The number of halogens is 4. The van der Waals surface area contributed by atoms with Crippen molar-refractivity contribution in [3.8, 4) is 11.4 Å². The molecular weight excluding hydrogens is 494 g/mol. The van der Waals surface area contributed by atoms with Crippen molar-refractivity contribution in [2.45, 2.75) is 26.2 Å². The molecule has 2 heterocycles. The maximum atomic E-state index is 14.0. The van der Waals surface area contributed by atoms with Crippen molar-refractivity contribution in [2.75, 3.05) is 0 Å². The predicted octanol–water partition coefficient (Wildman–Crippen LogP) is 3.19. The summed E-state index contributed by atoms with van der Waals surface area (Å²) in [4.78, 5) is 49.0. The number of nitrogens with zero attached hydrogens (tertiary/aromatic N) is 3. The van der Waals surface area contributed by atoms with E-state index in [1.807, 2.05) is 0 Å². The van der Waals surface area contributed by atoms with E-state index >= 15 is 0 Å². The smallest absolute Gasteiger partial charge is 0.449 e.